The van der Waals surface area contributed by atoms with E-state index in [-0.39, 0.29) is 17.1 Å². The van der Waals surface area contributed by atoms with Gasteiger partial charge >= 0.3 is 0 Å². The predicted octanol–water partition coefficient (Wildman–Crippen LogP) is 0.592. The zero-order valence-corrected chi connectivity index (χ0v) is 14.0. The second kappa shape index (κ2) is 8.04. The van der Waals surface area contributed by atoms with E-state index in [1.54, 1.807) is 24.3 Å². The maximum absolute atomic E-state index is 13.3. The minimum Gasteiger partial charge on any atom is -0.394 e. The van der Waals surface area contributed by atoms with Crippen molar-refractivity contribution in [2.24, 2.45) is 5.10 Å². The first-order valence-corrected chi connectivity index (χ1v) is 8.05. The fourth-order valence-corrected chi connectivity index (χ4v) is 2.43. The molecular weight excluding hydrogens is 355 g/mol. The number of hydrogen-bond acceptors (Lipinski definition) is 7. The summed E-state index contributed by atoms with van der Waals surface area (Å²) in [5.41, 5.74) is 2.53. The van der Waals surface area contributed by atoms with Crippen molar-refractivity contribution in [1.29, 1.82) is 0 Å². The van der Waals surface area contributed by atoms with Crippen molar-refractivity contribution < 1.29 is 19.7 Å². The van der Waals surface area contributed by atoms with E-state index in [0.717, 1.165) is 6.07 Å². The van der Waals surface area contributed by atoms with Gasteiger partial charge in [-0.25, -0.2) is 9.37 Å². The fourth-order valence-electron chi connectivity index (χ4n) is 2.43. The lowest BCUT2D eigenvalue weighted by Crippen LogP contribution is -2.40. The van der Waals surface area contributed by atoms with Crippen LogP contribution in [0.5, 0.6) is 0 Å². The van der Waals surface area contributed by atoms with Crippen LogP contribution in [-0.4, -0.2) is 49.8 Å². The van der Waals surface area contributed by atoms with Crippen molar-refractivity contribution in [3.05, 3.63) is 70.4 Å². The highest BCUT2D eigenvalue weighted by Gasteiger charge is 2.27. The number of hydrazone groups is 1. The second-order valence-electron chi connectivity index (χ2n) is 5.75. The van der Waals surface area contributed by atoms with E-state index >= 15 is 0 Å². The highest BCUT2D eigenvalue weighted by atomic mass is 19.1. The molecule has 0 aliphatic heterocycles. The number of aliphatic hydroxyl groups is 3. The van der Waals surface area contributed by atoms with Crippen molar-refractivity contribution in [2.45, 2.75) is 12.2 Å². The van der Waals surface area contributed by atoms with E-state index in [2.05, 4.69) is 20.5 Å². The molecule has 0 aliphatic carbocycles. The molecule has 1 aromatic heterocycles. The van der Waals surface area contributed by atoms with Crippen molar-refractivity contribution >= 4 is 22.4 Å². The van der Waals surface area contributed by atoms with E-state index in [1.165, 1.54) is 18.2 Å². The first kappa shape index (κ1) is 18.6. The molecule has 9 heteroatoms. The molecule has 1 heterocycles. The Morgan fingerprint density at radius 3 is 2.74 bits per heavy atom. The lowest BCUT2D eigenvalue weighted by Gasteiger charge is -2.17. The number of benzene rings is 2. The molecule has 2 aromatic carbocycles. The van der Waals surface area contributed by atoms with Crippen LogP contribution in [0.4, 0.5) is 10.1 Å². The number of rotatable bonds is 6. The maximum atomic E-state index is 13.3. The number of aliphatic hydroxyl groups excluding tert-OH is 3. The predicted molar refractivity (Wildman–Crippen MR) is 98.0 cm³/mol. The zero-order valence-electron chi connectivity index (χ0n) is 14.0. The topological polar surface area (TPSA) is 131 Å². The minimum absolute atomic E-state index is 0.238. The van der Waals surface area contributed by atoms with Crippen LogP contribution in [0.15, 0.2) is 58.4 Å². The molecule has 2 unspecified atom stereocenters. The average molecular weight is 372 g/mol. The number of anilines is 1. The summed E-state index contributed by atoms with van der Waals surface area (Å²) in [6, 6.07) is 12.1. The second-order valence-corrected chi connectivity index (χ2v) is 5.75. The number of aromatic nitrogens is 2. The van der Waals surface area contributed by atoms with Gasteiger partial charge in [0.05, 0.1) is 23.3 Å². The van der Waals surface area contributed by atoms with Gasteiger partial charge in [-0.15, -0.1) is 0 Å². The van der Waals surface area contributed by atoms with Crippen LogP contribution in [0.25, 0.3) is 11.0 Å². The van der Waals surface area contributed by atoms with Crippen LogP contribution in [0.3, 0.4) is 0 Å². The Bertz CT molecular complexity index is 1040. The van der Waals surface area contributed by atoms with E-state index < -0.39 is 30.2 Å². The van der Waals surface area contributed by atoms with Gasteiger partial charge in [0.25, 0.3) is 5.56 Å². The number of fused-ring (bicyclic) bond motifs is 1. The van der Waals surface area contributed by atoms with Gasteiger partial charge in [0, 0.05) is 0 Å². The third-order valence-electron chi connectivity index (χ3n) is 3.80. The lowest BCUT2D eigenvalue weighted by molar-refractivity contribution is 0.0185. The number of hydrogen-bond donors (Lipinski definition) is 5. The molecule has 140 valence electrons. The number of para-hydroxylation sites is 2. The quantitative estimate of drug-likeness (QED) is 0.318. The average Bonchev–Trinajstić information content (AvgIpc) is 2.67. The third kappa shape index (κ3) is 4.17. The van der Waals surface area contributed by atoms with Crippen LogP contribution in [0.1, 0.15) is 5.69 Å². The van der Waals surface area contributed by atoms with Gasteiger partial charge in [-0.2, -0.15) is 5.10 Å². The van der Waals surface area contributed by atoms with Crippen molar-refractivity contribution in [3.8, 4) is 0 Å². The molecule has 0 saturated carbocycles. The number of halogens is 1. The minimum atomic E-state index is -1.70. The molecular formula is C18H17FN4O4. The molecule has 3 aromatic rings. The van der Waals surface area contributed by atoms with Gasteiger partial charge in [0.2, 0.25) is 0 Å². The Kier molecular flexibility index (Phi) is 5.55. The maximum Gasteiger partial charge on any atom is 0.276 e. The van der Waals surface area contributed by atoms with Gasteiger partial charge in [-0.05, 0) is 30.3 Å². The zero-order chi connectivity index (χ0) is 19.4. The van der Waals surface area contributed by atoms with Crippen molar-refractivity contribution in [1.82, 2.24) is 9.97 Å². The monoisotopic (exact) mass is 372 g/mol. The molecule has 0 saturated heterocycles. The van der Waals surface area contributed by atoms with Crippen LogP contribution < -0.4 is 11.0 Å². The van der Waals surface area contributed by atoms with Crippen molar-refractivity contribution in [2.75, 3.05) is 12.0 Å². The standard InChI is InChI=1S/C18H17FN4O4/c19-10-4-3-5-11(8-10)22-23-15(17(26)14(25)9-24)16-18(27)21-13-7-2-1-6-12(13)20-16/h1-8,14,17,22,24-26H,9H2,(H,21,27). The molecule has 0 amide bonds. The Labute approximate surface area is 152 Å². The highest BCUT2D eigenvalue weighted by molar-refractivity contribution is 6.03. The Morgan fingerprint density at radius 2 is 2.00 bits per heavy atom. The third-order valence-corrected chi connectivity index (χ3v) is 3.80. The van der Waals surface area contributed by atoms with E-state index in [0.29, 0.717) is 11.0 Å². The Hall–Kier alpha value is -3.14. The number of aromatic amines is 1. The van der Waals surface area contributed by atoms with Crippen LogP contribution in [0, 0.1) is 5.82 Å². The summed E-state index contributed by atoms with van der Waals surface area (Å²) in [4.78, 5) is 19.2. The first-order valence-electron chi connectivity index (χ1n) is 8.05. The van der Waals surface area contributed by atoms with E-state index in [1.807, 2.05) is 0 Å². The van der Waals surface area contributed by atoms with Gasteiger partial charge in [0.15, 0.2) is 5.69 Å². The van der Waals surface area contributed by atoms with Gasteiger partial charge in [-0.1, -0.05) is 18.2 Å². The first-order chi connectivity index (χ1) is 13.0. The van der Waals surface area contributed by atoms with E-state index in [4.69, 9.17) is 5.11 Å². The molecule has 2 atom stereocenters. The Morgan fingerprint density at radius 1 is 1.22 bits per heavy atom. The summed E-state index contributed by atoms with van der Waals surface area (Å²) in [6.07, 6.45) is -3.29. The van der Waals surface area contributed by atoms with Gasteiger partial charge in [0.1, 0.15) is 23.7 Å². The molecule has 5 N–H and O–H groups in total. The summed E-state index contributed by atoms with van der Waals surface area (Å²) in [5.74, 6) is -0.505. The molecule has 8 nitrogen and oxygen atoms in total. The molecule has 0 fully saturated rings. The normalized spacial score (nSPS) is 14.1. The van der Waals surface area contributed by atoms with Crippen molar-refractivity contribution in [3.63, 3.8) is 0 Å². The molecule has 0 aliphatic rings. The fraction of sp³-hybridized carbons (Fsp3) is 0.167. The Balaban J connectivity index is 2.08. The van der Waals surface area contributed by atoms with Crippen LogP contribution in [-0.2, 0) is 0 Å². The summed E-state index contributed by atoms with van der Waals surface area (Å²) in [5, 5.41) is 33.2. The summed E-state index contributed by atoms with van der Waals surface area (Å²) < 4.78 is 13.3. The van der Waals surface area contributed by atoms with Crippen LogP contribution in [0.2, 0.25) is 0 Å². The van der Waals surface area contributed by atoms with Gasteiger partial charge < -0.3 is 20.3 Å². The molecule has 0 spiro atoms. The summed E-state index contributed by atoms with van der Waals surface area (Å²) >= 11 is 0. The van der Waals surface area contributed by atoms with Gasteiger partial charge in [-0.3, -0.25) is 10.2 Å². The molecule has 0 bridgehead atoms. The number of H-pyrrole nitrogens is 1. The molecule has 27 heavy (non-hydrogen) atoms. The highest BCUT2D eigenvalue weighted by Crippen LogP contribution is 2.12. The smallest absolute Gasteiger partial charge is 0.276 e. The largest absolute Gasteiger partial charge is 0.394 e. The molecule has 3 rings (SSSR count). The lowest BCUT2D eigenvalue weighted by atomic mass is 10.1. The molecule has 0 radical (unpaired) electrons. The summed E-state index contributed by atoms with van der Waals surface area (Å²) in [7, 11) is 0. The van der Waals surface area contributed by atoms with E-state index in [9.17, 15) is 19.4 Å². The SMILES string of the molecule is O=c1[nH]c2ccccc2nc1C(=NNc1cccc(F)c1)C(O)C(O)CO. The van der Waals surface area contributed by atoms with Crippen LogP contribution >= 0.6 is 0 Å². The number of nitrogens with zero attached hydrogens (tertiary/aromatic N) is 2. The summed E-state index contributed by atoms with van der Waals surface area (Å²) in [6.45, 7) is -0.758. The number of nitrogens with one attached hydrogen (secondary N) is 2.